The number of hydrogen-bond donors (Lipinski definition) is 4. The van der Waals surface area contributed by atoms with Crippen molar-refractivity contribution in [3.8, 4) is 28.0 Å². The number of hydrogen-bond acceptors (Lipinski definition) is 4. The van der Waals surface area contributed by atoms with Crippen LogP contribution >= 0.6 is 0 Å². The maximum atomic E-state index is 11.1. The predicted molar refractivity (Wildman–Crippen MR) is 97.3 cm³/mol. The van der Waals surface area contributed by atoms with Gasteiger partial charge in [-0.3, -0.25) is 0 Å². The Morgan fingerprint density at radius 3 is 1.69 bits per heavy atom. The molecule has 0 unspecified atom stereocenters. The van der Waals surface area contributed by atoms with Gasteiger partial charge in [-0.25, -0.2) is 9.59 Å². The largest absolute Gasteiger partial charge is 0.505 e. The van der Waals surface area contributed by atoms with Crippen LogP contribution < -0.4 is 5.73 Å². The van der Waals surface area contributed by atoms with Gasteiger partial charge in [0.1, 0.15) is 5.75 Å². The van der Waals surface area contributed by atoms with Gasteiger partial charge in [0.2, 0.25) is 0 Å². The summed E-state index contributed by atoms with van der Waals surface area (Å²) in [6, 6.07) is 15.7. The lowest BCUT2D eigenvalue weighted by molar-refractivity contribution is 0.0686. The lowest BCUT2D eigenvalue weighted by Gasteiger charge is -2.13. The second-order valence-electron chi connectivity index (χ2n) is 5.69. The normalized spacial score (nSPS) is 10.5. The Labute approximate surface area is 148 Å². The third-order valence-electron chi connectivity index (χ3n) is 4.06. The van der Waals surface area contributed by atoms with Gasteiger partial charge < -0.3 is 21.1 Å². The standard InChI is InChI=1S/C20H15NO5/c21-17-15(11-3-1-5-13(9-11)19(23)24)7-8-16(18(17)22)12-4-2-6-14(10-12)20(25)26/h1-10,22H,21H2,(H,23,24)(H,25,26). The van der Waals surface area contributed by atoms with Gasteiger partial charge in [-0.05, 0) is 41.5 Å². The van der Waals surface area contributed by atoms with E-state index in [-0.39, 0.29) is 22.6 Å². The number of phenols is 1. The second kappa shape index (κ2) is 6.60. The zero-order chi connectivity index (χ0) is 18.8. The highest BCUT2D eigenvalue weighted by molar-refractivity contribution is 5.94. The van der Waals surface area contributed by atoms with E-state index in [1.54, 1.807) is 36.4 Å². The van der Waals surface area contributed by atoms with E-state index in [0.717, 1.165) is 0 Å². The summed E-state index contributed by atoms with van der Waals surface area (Å²) in [6.45, 7) is 0. The lowest BCUT2D eigenvalue weighted by Crippen LogP contribution is -1.98. The van der Waals surface area contributed by atoms with Gasteiger partial charge in [0, 0.05) is 11.1 Å². The van der Waals surface area contributed by atoms with Gasteiger partial charge in [0.25, 0.3) is 0 Å². The van der Waals surface area contributed by atoms with E-state index in [1.807, 2.05) is 0 Å². The number of carboxylic acid groups (broad SMARTS) is 2. The minimum Gasteiger partial charge on any atom is -0.505 e. The Hall–Kier alpha value is -3.80. The Morgan fingerprint density at radius 2 is 1.19 bits per heavy atom. The summed E-state index contributed by atoms with van der Waals surface area (Å²) in [5.74, 6) is -2.32. The van der Waals surface area contributed by atoms with E-state index in [0.29, 0.717) is 22.3 Å². The van der Waals surface area contributed by atoms with Crippen molar-refractivity contribution in [1.82, 2.24) is 0 Å². The molecule has 3 aromatic rings. The molecule has 130 valence electrons. The molecule has 0 spiro atoms. The number of rotatable bonds is 4. The van der Waals surface area contributed by atoms with Crippen molar-refractivity contribution in [3.63, 3.8) is 0 Å². The number of anilines is 1. The van der Waals surface area contributed by atoms with Gasteiger partial charge in [-0.1, -0.05) is 30.3 Å². The van der Waals surface area contributed by atoms with E-state index >= 15 is 0 Å². The highest BCUT2D eigenvalue weighted by Gasteiger charge is 2.15. The number of carbonyl (C=O) groups is 2. The number of nitrogen functional groups attached to an aromatic ring is 1. The fourth-order valence-electron chi connectivity index (χ4n) is 2.73. The summed E-state index contributed by atoms with van der Waals surface area (Å²) in [5.41, 5.74) is 8.31. The van der Waals surface area contributed by atoms with Crippen LogP contribution in [0.3, 0.4) is 0 Å². The lowest BCUT2D eigenvalue weighted by atomic mass is 9.95. The topological polar surface area (TPSA) is 121 Å². The van der Waals surface area contributed by atoms with Crippen molar-refractivity contribution in [2.75, 3.05) is 5.73 Å². The predicted octanol–water partition coefficient (Wildman–Crippen LogP) is 3.70. The van der Waals surface area contributed by atoms with Gasteiger partial charge in [0.05, 0.1) is 16.8 Å². The molecule has 0 heterocycles. The number of carboxylic acids is 2. The Balaban J connectivity index is 2.10. The Kier molecular flexibility index (Phi) is 4.33. The van der Waals surface area contributed by atoms with Crippen molar-refractivity contribution in [2.45, 2.75) is 0 Å². The molecule has 0 saturated carbocycles. The maximum absolute atomic E-state index is 11.1. The minimum absolute atomic E-state index is 0.0887. The first kappa shape index (κ1) is 17.0. The maximum Gasteiger partial charge on any atom is 0.335 e. The molecule has 0 aliphatic rings. The van der Waals surface area contributed by atoms with E-state index in [9.17, 15) is 14.7 Å². The molecule has 26 heavy (non-hydrogen) atoms. The molecule has 0 aliphatic carbocycles. The molecule has 0 saturated heterocycles. The molecule has 0 bridgehead atoms. The molecule has 0 atom stereocenters. The summed E-state index contributed by atoms with van der Waals surface area (Å²) >= 11 is 0. The fourth-order valence-corrected chi connectivity index (χ4v) is 2.73. The fraction of sp³-hybridized carbons (Fsp3) is 0. The molecule has 0 fully saturated rings. The smallest absolute Gasteiger partial charge is 0.335 e. The van der Waals surface area contributed by atoms with Gasteiger partial charge >= 0.3 is 11.9 Å². The number of aromatic hydroxyl groups is 1. The summed E-state index contributed by atoms with van der Waals surface area (Å²) < 4.78 is 0. The molecule has 0 amide bonds. The first-order valence-electron chi connectivity index (χ1n) is 7.67. The van der Waals surface area contributed by atoms with Crippen molar-refractivity contribution in [2.24, 2.45) is 0 Å². The van der Waals surface area contributed by atoms with Crippen LogP contribution in [0.1, 0.15) is 20.7 Å². The molecule has 6 heteroatoms. The number of phenolic OH excluding ortho intramolecular Hbond substituents is 1. The molecule has 3 rings (SSSR count). The zero-order valence-electron chi connectivity index (χ0n) is 13.5. The molecule has 3 aromatic carbocycles. The Morgan fingerprint density at radius 1 is 0.731 bits per heavy atom. The molecule has 0 radical (unpaired) electrons. The summed E-state index contributed by atoms with van der Waals surface area (Å²) in [4.78, 5) is 22.3. The van der Waals surface area contributed by atoms with Gasteiger partial charge in [-0.15, -0.1) is 0 Å². The average Bonchev–Trinajstić information content (AvgIpc) is 2.64. The third-order valence-corrected chi connectivity index (χ3v) is 4.06. The van der Waals surface area contributed by atoms with Crippen molar-refractivity contribution in [3.05, 3.63) is 71.8 Å². The summed E-state index contributed by atoms with van der Waals surface area (Å²) in [6.07, 6.45) is 0. The van der Waals surface area contributed by atoms with E-state index in [2.05, 4.69) is 0 Å². The SMILES string of the molecule is Nc1c(-c2cccc(C(=O)O)c2)ccc(-c2cccc(C(=O)O)c2)c1O. The van der Waals surface area contributed by atoms with Gasteiger partial charge in [-0.2, -0.15) is 0 Å². The van der Waals surface area contributed by atoms with Crippen molar-refractivity contribution in [1.29, 1.82) is 0 Å². The zero-order valence-corrected chi connectivity index (χ0v) is 13.5. The average molecular weight is 349 g/mol. The van der Waals surface area contributed by atoms with Crippen LogP contribution in [0.4, 0.5) is 5.69 Å². The molecule has 0 aliphatic heterocycles. The van der Waals surface area contributed by atoms with Crippen LogP contribution in [-0.4, -0.2) is 27.3 Å². The monoisotopic (exact) mass is 349 g/mol. The van der Waals surface area contributed by atoms with Crippen LogP contribution in [0.25, 0.3) is 22.3 Å². The summed E-state index contributed by atoms with van der Waals surface area (Å²) in [7, 11) is 0. The highest BCUT2D eigenvalue weighted by Crippen LogP contribution is 2.40. The molecule has 5 N–H and O–H groups in total. The van der Waals surface area contributed by atoms with E-state index in [4.69, 9.17) is 15.9 Å². The van der Waals surface area contributed by atoms with E-state index in [1.165, 1.54) is 24.3 Å². The molecule has 0 aromatic heterocycles. The quantitative estimate of drug-likeness (QED) is 0.421. The van der Waals surface area contributed by atoms with E-state index < -0.39 is 11.9 Å². The highest BCUT2D eigenvalue weighted by atomic mass is 16.4. The van der Waals surface area contributed by atoms with Crippen LogP contribution in [0.15, 0.2) is 60.7 Å². The Bertz CT molecular complexity index is 944. The van der Waals surface area contributed by atoms with Crippen molar-refractivity contribution < 1.29 is 24.9 Å². The molecular weight excluding hydrogens is 334 g/mol. The number of nitrogens with two attached hydrogens (primary N) is 1. The van der Waals surface area contributed by atoms with Crippen LogP contribution in [0.5, 0.6) is 5.75 Å². The first-order valence-corrected chi connectivity index (χ1v) is 7.67. The molecular formula is C20H15NO5. The number of benzene rings is 3. The van der Waals surface area contributed by atoms with Crippen LogP contribution in [0, 0.1) is 0 Å². The minimum atomic E-state index is -1.07. The van der Waals surface area contributed by atoms with Crippen molar-refractivity contribution >= 4 is 17.6 Å². The van der Waals surface area contributed by atoms with Crippen LogP contribution in [0.2, 0.25) is 0 Å². The second-order valence-corrected chi connectivity index (χ2v) is 5.69. The number of aromatic carboxylic acids is 2. The summed E-state index contributed by atoms with van der Waals surface area (Å²) in [5, 5.41) is 28.7. The first-order chi connectivity index (χ1) is 12.4. The van der Waals surface area contributed by atoms with Crippen LogP contribution in [-0.2, 0) is 0 Å². The third kappa shape index (κ3) is 3.08. The van der Waals surface area contributed by atoms with Gasteiger partial charge in [0.15, 0.2) is 0 Å². The molecule has 6 nitrogen and oxygen atoms in total.